The van der Waals surface area contributed by atoms with Gasteiger partial charge in [-0.2, -0.15) is 0 Å². The number of pyridine rings is 1. The Morgan fingerprint density at radius 2 is 2.21 bits per heavy atom. The van der Waals surface area contributed by atoms with Gasteiger partial charge < -0.3 is 14.4 Å². The first-order valence-corrected chi connectivity index (χ1v) is 10.2. The summed E-state index contributed by atoms with van der Waals surface area (Å²) >= 11 is 1.73. The van der Waals surface area contributed by atoms with Gasteiger partial charge in [0.25, 0.3) is 0 Å². The van der Waals surface area contributed by atoms with Crippen molar-refractivity contribution >= 4 is 17.2 Å². The van der Waals surface area contributed by atoms with Crippen LogP contribution in [0.5, 0.6) is 11.5 Å². The highest BCUT2D eigenvalue weighted by molar-refractivity contribution is 7.09. The molecule has 0 aliphatic carbocycles. The van der Waals surface area contributed by atoms with Crippen molar-refractivity contribution in [2.75, 3.05) is 19.8 Å². The van der Waals surface area contributed by atoms with E-state index < -0.39 is 0 Å². The smallest absolute Gasteiger partial charge is 0.219 e. The van der Waals surface area contributed by atoms with E-state index in [0.29, 0.717) is 26.3 Å². The van der Waals surface area contributed by atoms with E-state index in [4.69, 9.17) is 9.47 Å². The van der Waals surface area contributed by atoms with Gasteiger partial charge in [0.15, 0.2) is 11.5 Å². The number of fused-ring (bicyclic) bond motifs is 1. The summed E-state index contributed by atoms with van der Waals surface area (Å²) in [4.78, 5) is 19.2. The van der Waals surface area contributed by atoms with Crippen molar-refractivity contribution in [3.8, 4) is 22.6 Å². The molecule has 0 radical (unpaired) electrons. The SMILES string of the molecule is CC(=O)N1CCOc2c(cc(-c3cccnc3)cc2OCCc2cccs2)C1. The zero-order chi connectivity index (χ0) is 19.3. The highest BCUT2D eigenvalue weighted by Crippen LogP contribution is 2.38. The monoisotopic (exact) mass is 394 g/mol. The second-order valence-corrected chi connectivity index (χ2v) is 7.70. The molecule has 28 heavy (non-hydrogen) atoms. The summed E-state index contributed by atoms with van der Waals surface area (Å²) < 4.78 is 12.2. The van der Waals surface area contributed by atoms with Crippen molar-refractivity contribution in [3.05, 3.63) is 64.6 Å². The van der Waals surface area contributed by atoms with E-state index in [1.54, 1.807) is 29.4 Å². The number of amides is 1. The van der Waals surface area contributed by atoms with E-state index in [2.05, 4.69) is 28.6 Å². The highest BCUT2D eigenvalue weighted by Gasteiger charge is 2.22. The van der Waals surface area contributed by atoms with Gasteiger partial charge in [-0.25, -0.2) is 0 Å². The lowest BCUT2D eigenvalue weighted by Crippen LogP contribution is -2.30. The summed E-state index contributed by atoms with van der Waals surface area (Å²) in [7, 11) is 0. The Kier molecular flexibility index (Phi) is 5.58. The first kappa shape index (κ1) is 18.5. The van der Waals surface area contributed by atoms with E-state index in [1.165, 1.54) is 4.88 Å². The molecule has 5 nitrogen and oxygen atoms in total. The number of thiophene rings is 1. The number of hydrogen-bond donors (Lipinski definition) is 0. The molecule has 144 valence electrons. The van der Waals surface area contributed by atoms with Crippen LogP contribution in [-0.4, -0.2) is 35.5 Å². The molecule has 2 aromatic heterocycles. The number of benzene rings is 1. The maximum atomic E-state index is 11.9. The molecule has 1 aliphatic rings. The Labute approximate surface area is 168 Å². The summed E-state index contributed by atoms with van der Waals surface area (Å²) in [5.41, 5.74) is 2.97. The normalized spacial score (nSPS) is 13.4. The minimum atomic E-state index is 0.0448. The summed E-state index contributed by atoms with van der Waals surface area (Å²) in [5.74, 6) is 1.50. The molecule has 0 saturated carbocycles. The van der Waals surface area contributed by atoms with Gasteiger partial charge in [-0.05, 0) is 35.2 Å². The van der Waals surface area contributed by atoms with Gasteiger partial charge in [0.05, 0.1) is 13.2 Å². The van der Waals surface area contributed by atoms with E-state index in [-0.39, 0.29) is 5.91 Å². The molecule has 3 aromatic rings. The number of aromatic nitrogens is 1. The number of carbonyl (C=O) groups is 1. The van der Waals surface area contributed by atoms with Gasteiger partial charge in [-0.3, -0.25) is 9.78 Å². The third-order valence-corrected chi connectivity index (χ3v) is 5.66. The molecule has 0 unspecified atom stereocenters. The molecule has 1 aliphatic heterocycles. The average molecular weight is 394 g/mol. The lowest BCUT2D eigenvalue weighted by atomic mass is 10.0. The number of rotatable bonds is 5. The molecule has 0 bridgehead atoms. The second-order valence-electron chi connectivity index (χ2n) is 6.67. The summed E-state index contributed by atoms with van der Waals surface area (Å²) in [6.07, 6.45) is 4.44. The zero-order valence-electron chi connectivity index (χ0n) is 15.8. The maximum absolute atomic E-state index is 11.9. The van der Waals surface area contributed by atoms with E-state index >= 15 is 0 Å². The van der Waals surface area contributed by atoms with Crippen molar-refractivity contribution in [2.45, 2.75) is 19.9 Å². The Morgan fingerprint density at radius 1 is 1.29 bits per heavy atom. The number of carbonyl (C=O) groups excluding carboxylic acids is 1. The highest BCUT2D eigenvalue weighted by atomic mass is 32.1. The summed E-state index contributed by atoms with van der Waals surface area (Å²) in [5, 5.41) is 2.07. The van der Waals surface area contributed by atoms with Gasteiger partial charge in [0.1, 0.15) is 6.61 Å². The molecule has 0 fully saturated rings. The number of ether oxygens (including phenoxy) is 2. The standard InChI is InChI=1S/C22H22N2O3S/c1-16(25)24-8-10-27-22-19(15-24)12-18(17-4-2-7-23-14-17)13-21(22)26-9-6-20-5-3-11-28-20/h2-5,7,11-14H,6,8-10,15H2,1H3. The molecule has 0 saturated heterocycles. The van der Waals surface area contributed by atoms with Gasteiger partial charge in [0.2, 0.25) is 5.91 Å². The van der Waals surface area contributed by atoms with Gasteiger partial charge >= 0.3 is 0 Å². The van der Waals surface area contributed by atoms with Crippen LogP contribution in [0.15, 0.2) is 54.2 Å². The van der Waals surface area contributed by atoms with Crippen LogP contribution in [0.4, 0.5) is 0 Å². The topological polar surface area (TPSA) is 51.7 Å². The van der Waals surface area contributed by atoms with Crippen LogP contribution in [0.1, 0.15) is 17.4 Å². The van der Waals surface area contributed by atoms with Crippen LogP contribution >= 0.6 is 11.3 Å². The Hall–Kier alpha value is -2.86. The molecule has 1 aromatic carbocycles. The number of hydrogen-bond acceptors (Lipinski definition) is 5. The van der Waals surface area contributed by atoms with Crippen molar-refractivity contribution in [2.24, 2.45) is 0 Å². The summed E-state index contributed by atoms with van der Waals surface area (Å²) in [6.45, 7) is 3.71. The first-order valence-electron chi connectivity index (χ1n) is 9.31. The van der Waals surface area contributed by atoms with Crippen LogP contribution < -0.4 is 9.47 Å². The Balaban J connectivity index is 1.66. The predicted octanol–water partition coefficient (Wildman–Crippen LogP) is 4.17. The third kappa shape index (κ3) is 4.17. The molecule has 6 heteroatoms. The zero-order valence-corrected chi connectivity index (χ0v) is 16.6. The van der Waals surface area contributed by atoms with Crippen LogP contribution in [0, 0.1) is 0 Å². The van der Waals surface area contributed by atoms with Crippen LogP contribution in [0.2, 0.25) is 0 Å². The second kappa shape index (κ2) is 8.44. The molecule has 0 N–H and O–H groups in total. The van der Waals surface area contributed by atoms with E-state index in [0.717, 1.165) is 34.6 Å². The van der Waals surface area contributed by atoms with Crippen molar-refractivity contribution in [1.29, 1.82) is 0 Å². The quantitative estimate of drug-likeness (QED) is 0.652. The maximum Gasteiger partial charge on any atom is 0.219 e. The molecular weight excluding hydrogens is 372 g/mol. The van der Waals surface area contributed by atoms with Crippen molar-refractivity contribution in [3.63, 3.8) is 0 Å². The molecule has 0 spiro atoms. The van der Waals surface area contributed by atoms with Gasteiger partial charge in [-0.1, -0.05) is 12.1 Å². The van der Waals surface area contributed by atoms with E-state index in [9.17, 15) is 4.79 Å². The molecule has 1 amide bonds. The fourth-order valence-electron chi connectivity index (χ4n) is 3.28. The fourth-order valence-corrected chi connectivity index (χ4v) is 3.97. The average Bonchev–Trinajstić information content (AvgIpc) is 3.12. The summed E-state index contributed by atoms with van der Waals surface area (Å²) in [6, 6.07) is 12.2. The molecule has 3 heterocycles. The third-order valence-electron chi connectivity index (χ3n) is 4.73. The van der Waals surface area contributed by atoms with E-state index in [1.807, 2.05) is 24.4 Å². The molecular formula is C22H22N2O3S. The predicted molar refractivity (Wildman–Crippen MR) is 110 cm³/mol. The minimum Gasteiger partial charge on any atom is -0.489 e. The Morgan fingerprint density at radius 3 is 2.96 bits per heavy atom. The van der Waals surface area contributed by atoms with Crippen molar-refractivity contribution < 1.29 is 14.3 Å². The molecule has 4 rings (SSSR count). The van der Waals surface area contributed by atoms with Crippen LogP contribution in [0.25, 0.3) is 11.1 Å². The first-order chi connectivity index (χ1) is 13.7. The largest absolute Gasteiger partial charge is 0.489 e. The van der Waals surface area contributed by atoms with Crippen LogP contribution in [-0.2, 0) is 17.8 Å². The number of nitrogens with zero attached hydrogens (tertiary/aromatic N) is 2. The minimum absolute atomic E-state index is 0.0448. The Bertz CT molecular complexity index is 942. The molecule has 0 atom stereocenters. The lowest BCUT2D eigenvalue weighted by molar-refractivity contribution is -0.129. The van der Waals surface area contributed by atoms with Gasteiger partial charge in [0, 0.05) is 48.3 Å². The van der Waals surface area contributed by atoms with Gasteiger partial charge in [-0.15, -0.1) is 11.3 Å². The van der Waals surface area contributed by atoms with Crippen LogP contribution in [0.3, 0.4) is 0 Å². The van der Waals surface area contributed by atoms with Crippen molar-refractivity contribution in [1.82, 2.24) is 9.88 Å². The fraction of sp³-hybridized carbons (Fsp3) is 0.273. The lowest BCUT2D eigenvalue weighted by Gasteiger charge is -2.18.